The molecule has 2 amide bonds. The predicted octanol–water partition coefficient (Wildman–Crippen LogP) is 4.04. The first kappa shape index (κ1) is 23.0. The van der Waals surface area contributed by atoms with Crippen LogP contribution in [0.3, 0.4) is 0 Å². The summed E-state index contributed by atoms with van der Waals surface area (Å²) in [4.78, 5) is 24.8. The summed E-state index contributed by atoms with van der Waals surface area (Å²) < 4.78 is 2.94. The first-order chi connectivity index (χ1) is 15.0. The van der Waals surface area contributed by atoms with Gasteiger partial charge in [0.05, 0.1) is 12.3 Å². The highest BCUT2D eigenvalue weighted by molar-refractivity contribution is 14.1. The van der Waals surface area contributed by atoms with Gasteiger partial charge in [-0.15, -0.1) is 16.8 Å². The molecule has 0 bridgehead atoms. The second kappa shape index (κ2) is 11.1. The van der Waals surface area contributed by atoms with Gasteiger partial charge in [-0.2, -0.15) is 0 Å². The number of rotatable bonds is 9. The van der Waals surface area contributed by atoms with Gasteiger partial charge < -0.3 is 15.2 Å². The predicted molar refractivity (Wildman–Crippen MR) is 131 cm³/mol. The van der Waals surface area contributed by atoms with Crippen molar-refractivity contribution >= 4 is 51.9 Å². The van der Waals surface area contributed by atoms with Crippen molar-refractivity contribution in [1.29, 1.82) is 0 Å². The Bertz CT molecular complexity index is 1080. The number of hydrogen-bond donors (Lipinski definition) is 2. The molecule has 3 rings (SSSR count). The minimum Gasteiger partial charge on any atom is -0.345 e. The fourth-order valence-electron chi connectivity index (χ4n) is 2.81. The molecule has 1 aromatic heterocycles. The van der Waals surface area contributed by atoms with Crippen molar-refractivity contribution in [2.75, 3.05) is 11.1 Å². The summed E-state index contributed by atoms with van der Waals surface area (Å²) in [5.41, 5.74) is 2.28. The highest BCUT2D eigenvalue weighted by atomic mass is 127. The number of nitrogens with zero attached hydrogens (tertiary/aromatic N) is 3. The van der Waals surface area contributed by atoms with Crippen molar-refractivity contribution in [1.82, 2.24) is 20.1 Å². The van der Waals surface area contributed by atoms with Crippen LogP contribution in [0.2, 0.25) is 0 Å². The zero-order chi connectivity index (χ0) is 22.2. The lowest BCUT2D eigenvalue weighted by Gasteiger charge is -2.10. The maximum absolute atomic E-state index is 12.5. The van der Waals surface area contributed by atoms with Crippen LogP contribution in [-0.4, -0.2) is 32.3 Å². The van der Waals surface area contributed by atoms with Crippen molar-refractivity contribution in [3.05, 3.63) is 81.7 Å². The Morgan fingerprint density at radius 3 is 2.61 bits per heavy atom. The van der Waals surface area contributed by atoms with E-state index in [9.17, 15) is 9.59 Å². The van der Waals surface area contributed by atoms with Crippen molar-refractivity contribution in [3.8, 4) is 0 Å². The molecule has 0 atom stereocenters. The van der Waals surface area contributed by atoms with Crippen LogP contribution in [0.5, 0.6) is 0 Å². The van der Waals surface area contributed by atoms with Crippen LogP contribution >= 0.6 is 34.4 Å². The largest absolute Gasteiger partial charge is 0.345 e. The molecule has 3 aromatic rings. The Balaban J connectivity index is 1.61. The minimum absolute atomic E-state index is 0.131. The number of carbonyl (C=O) groups is 2. The molecule has 0 aliphatic rings. The normalized spacial score (nSPS) is 10.5. The number of allylic oxidation sites excluding steroid dienone is 1. The van der Waals surface area contributed by atoms with E-state index < -0.39 is 0 Å². The molecule has 0 radical (unpaired) electrons. The molecule has 0 unspecified atom stereocenters. The third kappa shape index (κ3) is 6.41. The number of thioether (sulfide) groups is 1. The molecule has 2 aromatic carbocycles. The maximum Gasteiger partial charge on any atom is 0.251 e. The molecule has 0 aliphatic heterocycles. The Hall–Kier alpha value is -2.66. The van der Waals surface area contributed by atoms with E-state index in [1.165, 1.54) is 11.8 Å². The highest BCUT2D eigenvalue weighted by Crippen LogP contribution is 2.18. The van der Waals surface area contributed by atoms with Gasteiger partial charge in [-0.3, -0.25) is 9.59 Å². The molecule has 1 heterocycles. The molecule has 160 valence electrons. The van der Waals surface area contributed by atoms with E-state index in [0.29, 0.717) is 23.1 Å². The molecule has 0 saturated heterocycles. The Morgan fingerprint density at radius 2 is 1.90 bits per heavy atom. The van der Waals surface area contributed by atoms with Crippen LogP contribution in [0.25, 0.3) is 0 Å². The van der Waals surface area contributed by atoms with Crippen molar-refractivity contribution in [2.24, 2.45) is 0 Å². The summed E-state index contributed by atoms with van der Waals surface area (Å²) >= 11 is 3.50. The first-order valence-corrected chi connectivity index (χ1v) is 11.6. The van der Waals surface area contributed by atoms with Gasteiger partial charge in [-0.1, -0.05) is 36.0 Å². The second-order valence-corrected chi connectivity index (χ2v) is 8.83. The number of aryl methyl sites for hydroxylation is 1. The Kier molecular flexibility index (Phi) is 8.24. The minimum atomic E-state index is -0.169. The van der Waals surface area contributed by atoms with Crippen LogP contribution in [-0.2, 0) is 17.9 Å². The SMILES string of the molecule is C=CCn1c(CNC(=O)c2ccccc2C)nnc1SCC(=O)Nc1ccc(I)cc1. The molecule has 31 heavy (non-hydrogen) atoms. The number of anilines is 1. The standard InChI is InChI=1S/C22H22IN5O2S/c1-3-12-28-19(13-24-21(30)18-7-5-4-6-15(18)2)26-27-22(28)31-14-20(29)25-17-10-8-16(23)9-11-17/h3-11H,1,12-14H2,2H3,(H,24,30)(H,25,29). The number of carbonyl (C=O) groups excluding carboxylic acids is 2. The van der Waals surface area contributed by atoms with E-state index in [1.54, 1.807) is 12.1 Å². The van der Waals surface area contributed by atoms with Crippen LogP contribution in [0.1, 0.15) is 21.7 Å². The van der Waals surface area contributed by atoms with Crippen molar-refractivity contribution < 1.29 is 9.59 Å². The smallest absolute Gasteiger partial charge is 0.251 e. The fraction of sp³-hybridized carbons (Fsp3) is 0.182. The summed E-state index contributed by atoms with van der Waals surface area (Å²) in [6.07, 6.45) is 1.73. The zero-order valence-electron chi connectivity index (χ0n) is 17.0. The van der Waals surface area contributed by atoms with Gasteiger partial charge in [-0.05, 0) is 65.4 Å². The first-order valence-electron chi connectivity index (χ1n) is 9.53. The van der Waals surface area contributed by atoms with Crippen LogP contribution in [0.4, 0.5) is 5.69 Å². The topological polar surface area (TPSA) is 88.9 Å². The molecule has 0 aliphatic carbocycles. The zero-order valence-corrected chi connectivity index (χ0v) is 19.9. The molecular formula is C22H22IN5O2S. The van der Waals surface area contributed by atoms with Crippen LogP contribution < -0.4 is 10.6 Å². The van der Waals surface area contributed by atoms with Gasteiger partial charge in [0, 0.05) is 21.4 Å². The number of aromatic nitrogens is 3. The number of benzene rings is 2. The number of amides is 2. The van der Waals surface area contributed by atoms with E-state index in [1.807, 2.05) is 54.0 Å². The summed E-state index contributed by atoms with van der Waals surface area (Å²) in [5.74, 6) is 0.491. The third-order valence-electron chi connectivity index (χ3n) is 4.36. The number of hydrogen-bond acceptors (Lipinski definition) is 5. The van der Waals surface area contributed by atoms with E-state index in [-0.39, 0.29) is 24.1 Å². The van der Waals surface area contributed by atoms with Gasteiger partial charge in [0.15, 0.2) is 11.0 Å². The van der Waals surface area contributed by atoms with E-state index in [0.717, 1.165) is 14.8 Å². The summed E-state index contributed by atoms with van der Waals surface area (Å²) in [6.45, 7) is 6.37. The Labute approximate surface area is 198 Å². The van der Waals surface area contributed by atoms with E-state index >= 15 is 0 Å². The quantitative estimate of drug-likeness (QED) is 0.240. The lowest BCUT2D eigenvalue weighted by molar-refractivity contribution is -0.113. The molecule has 0 spiro atoms. The molecule has 0 fully saturated rings. The lowest BCUT2D eigenvalue weighted by atomic mass is 10.1. The average molecular weight is 547 g/mol. The van der Waals surface area contributed by atoms with Gasteiger partial charge >= 0.3 is 0 Å². The molecular weight excluding hydrogens is 525 g/mol. The van der Waals surface area contributed by atoms with Crippen molar-refractivity contribution in [3.63, 3.8) is 0 Å². The molecule has 7 nitrogen and oxygen atoms in total. The average Bonchev–Trinajstić information content (AvgIpc) is 3.14. The second-order valence-electron chi connectivity index (χ2n) is 6.64. The third-order valence-corrected chi connectivity index (χ3v) is 6.05. The molecule has 2 N–H and O–H groups in total. The Morgan fingerprint density at radius 1 is 1.16 bits per heavy atom. The van der Waals surface area contributed by atoms with Gasteiger partial charge in [-0.25, -0.2) is 0 Å². The molecule has 9 heteroatoms. The van der Waals surface area contributed by atoms with Crippen molar-refractivity contribution in [2.45, 2.75) is 25.2 Å². The van der Waals surface area contributed by atoms with Crippen LogP contribution in [0, 0.1) is 10.5 Å². The van der Waals surface area contributed by atoms with Crippen LogP contribution in [0.15, 0.2) is 66.3 Å². The van der Waals surface area contributed by atoms with Gasteiger partial charge in [0.25, 0.3) is 5.91 Å². The lowest BCUT2D eigenvalue weighted by Crippen LogP contribution is -2.25. The summed E-state index contributed by atoms with van der Waals surface area (Å²) in [5, 5.41) is 14.7. The number of nitrogens with one attached hydrogen (secondary N) is 2. The van der Waals surface area contributed by atoms with E-state index in [4.69, 9.17) is 0 Å². The maximum atomic E-state index is 12.5. The summed E-state index contributed by atoms with van der Waals surface area (Å²) in [6, 6.07) is 15.0. The van der Waals surface area contributed by atoms with Gasteiger partial charge in [0.1, 0.15) is 0 Å². The monoisotopic (exact) mass is 547 g/mol. The molecule has 0 saturated carbocycles. The number of halogens is 1. The van der Waals surface area contributed by atoms with Gasteiger partial charge in [0.2, 0.25) is 5.91 Å². The highest BCUT2D eigenvalue weighted by Gasteiger charge is 2.15. The fourth-order valence-corrected chi connectivity index (χ4v) is 3.94. The summed E-state index contributed by atoms with van der Waals surface area (Å²) in [7, 11) is 0. The van der Waals surface area contributed by atoms with E-state index in [2.05, 4.69) is 50.0 Å².